The topological polar surface area (TPSA) is 24.4 Å². The molecule has 1 heterocycles. The molecular formula is C17H17BrN2. The van der Waals surface area contributed by atoms with Gasteiger partial charge in [-0.15, -0.1) is 0 Å². The van der Waals surface area contributed by atoms with Gasteiger partial charge in [0, 0.05) is 23.3 Å². The largest absolute Gasteiger partial charge is 0.308 e. The van der Waals surface area contributed by atoms with Crippen LogP contribution >= 0.6 is 15.9 Å². The minimum absolute atomic E-state index is 0.441. The van der Waals surface area contributed by atoms with Gasteiger partial charge in [-0.2, -0.15) is 0 Å². The maximum Gasteiger partial charge on any atom is 0.0546 e. The van der Waals surface area contributed by atoms with E-state index in [-0.39, 0.29) is 0 Å². The van der Waals surface area contributed by atoms with Crippen molar-refractivity contribution in [2.75, 3.05) is 6.54 Å². The number of hydrogen-bond donors (Lipinski definition) is 1. The van der Waals surface area contributed by atoms with Gasteiger partial charge in [0.05, 0.1) is 6.54 Å². The number of nitrogens with one attached hydrogen (secondary N) is 1. The van der Waals surface area contributed by atoms with Crippen LogP contribution in [0.15, 0.2) is 58.0 Å². The quantitative estimate of drug-likeness (QED) is 0.855. The smallest absolute Gasteiger partial charge is 0.0546 e. The first-order valence-corrected chi connectivity index (χ1v) is 7.66. The molecule has 0 aromatic heterocycles. The van der Waals surface area contributed by atoms with E-state index in [1.165, 1.54) is 11.1 Å². The third kappa shape index (κ3) is 3.35. The van der Waals surface area contributed by atoms with E-state index in [1.807, 2.05) is 18.3 Å². The first kappa shape index (κ1) is 13.5. The average molecular weight is 329 g/mol. The number of halogens is 1. The van der Waals surface area contributed by atoms with Gasteiger partial charge in [-0.25, -0.2) is 0 Å². The summed E-state index contributed by atoms with van der Waals surface area (Å²) in [6, 6.07) is 17.3. The second-order valence-corrected chi connectivity index (χ2v) is 6.01. The van der Waals surface area contributed by atoms with E-state index in [9.17, 15) is 0 Å². The van der Waals surface area contributed by atoms with E-state index >= 15 is 0 Å². The fourth-order valence-electron chi connectivity index (χ4n) is 2.48. The number of nitrogens with zero attached hydrogens (tertiary/aromatic N) is 1. The molecule has 2 nitrogen and oxygen atoms in total. The zero-order chi connectivity index (χ0) is 13.8. The lowest BCUT2D eigenvalue weighted by Crippen LogP contribution is -2.37. The molecule has 2 aromatic rings. The van der Waals surface area contributed by atoms with Crippen LogP contribution in [-0.2, 0) is 13.0 Å². The van der Waals surface area contributed by atoms with Gasteiger partial charge in [0.1, 0.15) is 0 Å². The van der Waals surface area contributed by atoms with Gasteiger partial charge in [0.25, 0.3) is 0 Å². The zero-order valence-corrected chi connectivity index (χ0v) is 12.8. The predicted molar refractivity (Wildman–Crippen MR) is 87.4 cm³/mol. The molecule has 0 saturated heterocycles. The Bertz CT molecular complexity index is 605. The van der Waals surface area contributed by atoms with E-state index in [1.54, 1.807) is 0 Å². The molecule has 3 rings (SSSR count). The van der Waals surface area contributed by atoms with Gasteiger partial charge in [-0.3, -0.25) is 4.99 Å². The molecule has 102 valence electrons. The standard InChI is InChI=1S/C17H17BrN2/c18-16-7-5-13(6-8-16)10-19-12-17-9-14-3-1-2-4-15(14)11-20-17/h1-8,10,17,20H,9,11-12H2. The Kier molecular flexibility index (Phi) is 4.28. The Morgan fingerprint density at radius 1 is 1.10 bits per heavy atom. The molecule has 0 amide bonds. The van der Waals surface area contributed by atoms with Crippen LogP contribution in [0.2, 0.25) is 0 Å². The molecule has 1 N–H and O–H groups in total. The van der Waals surface area contributed by atoms with Crippen molar-refractivity contribution in [3.63, 3.8) is 0 Å². The monoisotopic (exact) mass is 328 g/mol. The normalized spacial score (nSPS) is 18.1. The molecular weight excluding hydrogens is 312 g/mol. The Morgan fingerprint density at radius 2 is 1.85 bits per heavy atom. The lowest BCUT2D eigenvalue weighted by molar-refractivity contribution is 0.489. The third-order valence-corrected chi connectivity index (χ3v) is 4.13. The molecule has 0 aliphatic carbocycles. The summed E-state index contributed by atoms with van der Waals surface area (Å²) in [6.07, 6.45) is 3.02. The van der Waals surface area contributed by atoms with Crippen molar-refractivity contribution in [1.82, 2.24) is 5.32 Å². The first-order valence-electron chi connectivity index (χ1n) is 6.87. The highest BCUT2D eigenvalue weighted by Crippen LogP contribution is 2.16. The second-order valence-electron chi connectivity index (χ2n) is 5.10. The maximum atomic E-state index is 4.57. The van der Waals surface area contributed by atoms with Crippen molar-refractivity contribution < 1.29 is 0 Å². The van der Waals surface area contributed by atoms with E-state index in [4.69, 9.17) is 0 Å². The van der Waals surface area contributed by atoms with Crippen molar-refractivity contribution in [3.8, 4) is 0 Å². The molecule has 3 heteroatoms. The molecule has 0 radical (unpaired) electrons. The van der Waals surface area contributed by atoms with Crippen LogP contribution in [0.5, 0.6) is 0 Å². The minimum Gasteiger partial charge on any atom is -0.308 e. The molecule has 0 fully saturated rings. The SMILES string of the molecule is Brc1ccc(C=NCC2Cc3ccccc3CN2)cc1. The van der Waals surface area contributed by atoms with E-state index in [0.29, 0.717) is 6.04 Å². The fraction of sp³-hybridized carbons (Fsp3) is 0.235. The minimum atomic E-state index is 0.441. The van der Waals surface area contributed by atoms with Crippen LogP contribution in [0.4, 0.5) is 0 Å². The Morgan fingerprint density at radius 3 is 2.65 bits per heavy atom. The molecule has 0 spiro atoms. The lowest BCUT2D eigenvalue weighted by atomic mass is 9.96. The molecule has 0 bridgehead atoms. The van der Waals surface area contributed by atoms with Gasteiger partial charge in [-0.1, -0.05) is 52.3 Å². The summed E-state index contributed by atoms with van der Waals surface area (Å²) in [5, 5.41) is 3.55. The van der Waals surface area contributed by atoms with Crippen LogP contribution in [0, 0.1) is 0 Å². The highest BCUT2D eigenvalue weighted by atomic mass is 79.9. The highest BCUT2D eigenvalue weighted by molar-refractivity contribution is 9.10. The Labute approximate surface area is 128 Å². The molecule has 1 atom stereocenters. The molecule has 0 saturated carbocycles. The van der Waals surface area contributed by atoms with E-state index < -0.39 is 0 Å². The Balaban J connectivity index is 1.59. The number of hydrogen-bond acceptors (Lipinski definition) is 2. The maximum absolute atomic E-state index is 4.57. The molecule has 2 aromatic carbocycles. The molecule has 20 heavy (non-hydrogen) atoms. The average Bonchev–Trinajstić information content (AvgIpc) is 2.49. The number of aliphatic imine (C=N–C) groups is 1. The summed E-state index contributed by atoms with van der Waals surface area (Å²) in [6.45, 7) is 1.78. The van der Waals surface area contributed by atoms with Crippen molar-refractivity contribution >= 4 is 22.1 Å². The van der Waals surface area contributed by atoms with Crippen LogP contribution in [0.3, 0.4) is 0 Å². The summed E-state index contributed by atoms with van der Waals surface area (Å²) in [5.41, 5.74) is 4.01. The van der Waals surface area contributed by atoms with Gasteiger partial charge in [0.15, 0.2) is 0 Å². The number of benzene rings is 2. The van der Waals surface area contributed by atoms with Gasteiger partial charge < -0.3 is 5.32 Å². The number of rotatable bonds is 3. The summed E-state index contributed by atoms with van der Waals surface area (Å²) in [7, 11) is 0. The lowest BCUT2D eigenvalue weighted by Gasteiger charge is -2.24. The van der Waals surface area contributed by atoms with E-state index in [0.717, 1.165) is 29.5 Å². The molecule has 1 aliphatic heterocycles. The Hall–Kier alpha value is -1.45. The van der Waals surface area contributed by atoms with Crippen molar-refractivity contribution in [2.24, 2.45) is 4.99 Å². The molecule has 1 unspecified atom stereocenters. The van der Waals surface area contributed by atoms with Gasteiger partial charge >= 0.3 is 0 Å². The highest BCUT2D eigenvalue weighted by Gasteiger charge is 2.16. The summed E-state index contributed by atoms with van der Waals surface area (Å²) in [4.78, 5) is 4.57. The number of fused-ring (bicyclic) bond motifs is 1. The fourth-order valence-corrected chi connectivity index (χ4v) is 2.75. The second kappa shape index (κ2) is 6.33. The van der Waals surface area contributed by atoms with Gasteiger partial charge in [-0.05, 0) is 35.2 Å². The first-order chi connectivity index (χ1) is 9.81. The van der Waals surface area contributed by atoms with E-state index in [2.05, 4.69) is 62.6 Å². The van der Waals surface area contributed by atoms with Crippen molar-refractivity contribution in [1.29, 1.82) is 0 Å². The van der Waals surface area contributed by atoms with Crippen molar-refractivity contribution in [2.45, 2.75) is 19.0 Å². The van der Waals surface area contributed by atoms with Crippen LogP contribution in [0.1, 0.15) is 16.7 Å². The molecule has 1 aliphatic rings. The summed E-state index contributed by atoms with van der Waals surface area (Å²) < 4.78 is 1.10. The van der Waals surface area contributed by atoms with Gasteiger partial charge in [0.2, 0.25) is 0 Å². The zero-order valence-electron chi connectivity index (χ0n) is 11.2. The summed E-state index contributed by atoms with van der Waals surface area (Å²) >= 11 is 3.44. The third-order valence-electron chi connectivity index (χ3n) is 3.60. The van der Waals surface area contributed by atoms with Crippen molar-refractivity contribution in [3.05, 3.63) is 69.7 Å². The van der Waals surface area contributed by atoms with Crippen LogP contribution in [0.25, 0.3) is 0 Å². The summed E-state index contributed by atoms with van der Waals surface area (Å²) in [5.74, 6) is 0. The van der Waals surface area contributed by atoms with Crippen LogP contribution < -0.4 is 5.32 Å². The van der Waals surface area contributed by atoms with Crippen LogP contribution in [-0.4, -0.2) is 18.8 Å². The predicted octanol–water partition coefficient (Wildman–Crippen LogP) is 3.58.